The molecule has 0 heterocycles. The molecule has 2 aromatic rings. The maximum atomic E-state index is 12.1. The van der Waals surface area contributed by atoms with Gasteiger partial charge in [0, 0.05) is 11.1 Å². The molecule has 1 nitrogen and oxygen atoms in total. The zero-order valence-corrected chi connectivity index (χ0v) is 7.45. The van der Waals surface area contributed by atoms with Gasteiger partial charge in [-0.05, 0) is 0 Å². The smallest absolute Gasteiger partial charge is 0.193 e. The second-order valence-corrected chi connectivity index (χ2v) is 2.84. The van der Waals surface area contributed by atoms with Gasteiger partial charge >= 0.3 is 0 Å². The van der Waals surface area contributed by atoms with Gasteiger partial charge in [-0.1, -0.05) is 60.6 Å². The molecule has 0 aliphatic carbocycles. The fraction of sp³-hybridized carbons (Fsp3) is 0. The highest BCUT2D eigenvalue weighted by molar-refractivity contribution is 6.08. The Morgan fingerprint density at radius 2 is 1.64 bits per heavy atom. The van der Waals surface area contributed by atoms with Crippen molar-refractivity contribution in [1.29, 1.82) is 0 Å². The van der Waals surface area contributed by atoms with Crippen LogP contribution in [-0.4, -0.2) is 5.78 Å². The van der Waals surface area contributed by atoms with E-state index in [1.54, 1.807) is 30.3 Å². The van der Waals surface area contributed by atoms with Crippen molar-refractivity contribution in [3.05, 3.63) is 71.7 Å². The molecule has 0 aromatic heterocycles. The molecule has 68 valence electrons. The first kappa shape index (κ1) is 5.76. The zero-order valence-electron chi connectivity index (χ0n) is 10.4. The van der Waals surface area contributed by atoms with Gasteiger partial charge in [-0.3, -0.25) is 4.79 Å². The summed E-state index contributed by atoms with van der Waals surface area (Å²) in [5, 5.41) is 0. The average Bonchev–Trinajstić information content (AvgIpc) is 2.36. The molecule has 0 fully saturated rings. The van der Waals surface area contributed by atoms with E-state index in [0.717, 1.165) is 0 Å². The molecule has 0 atom stereocenters. The summed E-state index contributed by atoms with van der Waals surface area (Å²) in [5.74, 6) is -0.288. The van der Waals surface area contributed by atoms with Crippen LogP contribution >= 0.6 is 0 Å². The Morgan fingerprint density at radius 3 is 2.43 bits per heavy atom. The van der Waals surface area contributed by atoms with Crippen LogP contribution in [0.25, 0.3) is 0 Å². The van der Waals surface area contributed by atoms with Crippen molar-refractivity contribution in [2.24, 2.45) is 0 Å². The Balaban J connectivity index is 2.49. The molecule has 14 heavy (non-hydrogen) atoms. The number of carbonyl (C=O) groups excluding carboxylic acids is 1. The lowest BCUT2D eigenvalue weighted by atomic mass is 10.0. The van der Waals surface area contributed by atoms with Crippen molar-refractivity contribution >= 4 is 5.78 Å². The number of ketones is 1. The highest BCUT2D eigenvalue weighted by Crippen LogP contribution is 2.08. The van der Waals surface area contributed by atoms with E-state index in [2.05, 4.69) is 0 Å². The lowest BCUT2D eigenvalue weighted by Gasteiger charge is -1.99. The van der Waals surface area contributed by atoms with Crippen LogP contribution in [0.4, 0.5) is 0 Å². The van der Waals surface area contributed by atoms with Gasteiger partial charge in [0.25, 0.3) is 0 Å². The predicted octanol–water partition coefficient (Wildman–Crippen LogP) is 2.92. The molecule has 0 aliphatic heterocycles. The first-order valence-corrected chi connectivity index (χ1v) is 4.28. The Morgan fingerprint density at radius 1 is 0.929 bits per heavy atom. The molecule has 0 aliphatic rings. The first-order chi connectivity index (χ1) is 8.11. The third kappa shape index (κ3) is 1.72. The van der Waals surface area contributed by atoms with Gasteiger partial charge in [-0.15, -0.1) is 0 Å². The van der Waals surface area contributed by atoms with Crippen molar-refractivity contribution < 1.29 is 8.91 Å². The van der Waals surface area contributed by atoms with Crippen LogP contribution in [0.2, 0.25) is 0 Å². The van der Waals surface area contributed by atoms with E-state index in [1.807, 2.05) is 0 Å². The van der Waals surface area contributed by atoms with Crippen LogP contribution < -0.4 is 0 Å². The van der Waals surface area contributed by atoms with Gasteiger partial charge in [0.2, 0.25) is 0 Å². The van der Waals surface area contributed by atoms with Crippen LogP contribution in [0.1, 0.15) is 20.0 Å². The minimum Gasteiger partial charge on any atom is -0.289 e. The summed E-state index contributed by atoms with van der Waals surface area (Å²) in [7, 11) is 0. The molecular weight excluding hydrogens is 172 g/mol. The van der Waals surface area contributed by atoms with Gasteiger partial charge in [0.15, 0.2) is 5.78 Å². The van der Waals surface area contributed by atoms with Crippen LogP contribution in [0.15, 0.2) is 60.6 Å². The van der Waals surface area contributed by atoms with Crippen LogP contribution in [0.3, 0.4) is 0 Å². The number of hydrogen-bond donors (Lipinski definition) is 0. The van der Waals surface area contributed by atoms with Crippen LogP contribution in [0, 0.1) is 0 Å². The van der Waals surface area contributed by atoms with E-state index in [1.165, 1.54) is 12.1 Å². The highest BCUT2D eigenvalue weighted by Gasteiger charge is 2.06. The van der Waals surface area contributed by atoms with Gasteiger partial charge < -0.3 is 0 Å². The first-order valence-electron chi connectivity index (χ1n) is 5.78. The lowest BCUT2D eigenvalue weighted by molar-refractivity contribution is 0.103. The molecule has 2 aromatic carbocycles. The Bertz CT molecular complexity index is 564. The third-order valence-corrected chi connectivity index (χ3v) is 1.88. The Labute approximate surface area is 87.2 Å². The Kier molecular flexibility index (Phi) is 1.60. The lowest BCUT2D eigenvalue weighted by Crippen LogP contribution is -1.99. The Hall–Kier alpha value is -1.89. The van der Waals surface area contributed by atoms with E-state index >= 15 is 0 Å². The molecular formula is C13H10O. The molecule has 2 rings (SSSR count). The average molecular weight is 185 g/mol. The quantitative estimate of drug-likeness (QED) is 0.657. The summed E-state index contributed by atoms with van der Waals surface area (Å²) in [5.41, 5.74) is 0.648. The second-order valence-electron chi connectivity index (χ2n) is 2.84. The predicted molar refractivity (Wildman–Crippen MR) is 56.3 cm³/mol. The van der Waals surface area contributed by atoms with Gasteiger partial charge in [0.1, 0.15) is 0 Å². The van der Waals surface area contributed by atoms with Crippen LogP contribution in [0.5, 0.6) is 0 Å². The zero-order chi connectivity index (χ0) is 12.4. The SMILES string of the molecule is [2H]c1ccc(C(=O)c2ccccc2)c([2H])c1[2H]. The maximum Gasteiger partial charge on any atom is 0.193 e. The molecule has 0 bridgehead atoms. The van der Waals surface area contributed by atoms with E-state index in [9.17, 15) is 4.79 Å². The van der Waals surface area contributed by atoms with Gasteiger partial charge in [-0.2, -0.15) is 0 Å². The summed E-state index contributed by atoms with van der Waals surface area (Å²) in [4.78, 5) is 12.1. The maximum absolute atomic E-state index is 12.1. The highest BCUT2D eigenvalue weighted by atomic mass is 16.1. The van der Waals surface area contributed by atoms with Gasteiger partial charge in [0.05, 0.1) is 4.11 Å². The van der Waals surface area contributed by atoms with Crippen molar-refractivity contribution in [3.63, 3.8) is 0 Å². The minimum absolute atomic E-state index is 0.0420. The van der Waals surface area contributed by atoms with Crippen molar-refractivity contribution in [2.45, 2.75) is 0 Å². The number of rotatable bonds is 2. The van der Waals surface area contributed by atoms with Gasteiger partial charge in [-0.25, -0.2) is 0 Å². The van der Waals surface area contributed by atoms with Crippen molar-refractivity contribution in [2.75, 3.05) is 0 Å². The molecule has 0 saturated carbocycles. The van der Waals surface area contributed by atoms with E-state index in [0.29, 0.717) is 5.56 Å². The summed E-state index contributed by atoms with van der Waals surface area (Å²) < 4.78 is 22.6. The van der Waals surface area contributed by atoms with E-state index in [-0.39, 0.29) is 29.5 Å². The van der Waals surface area contributed by atoms with Crippen LogP contribution in [-0.2, 0) is 0 Å². The summed E-state index contributed by atoms with van der Waals surface area (Å²) in [6, 6.07) is 11.0. The largest absolute Gasteiger partial charge is 0.289 e. The summed E-state index contributed by atoms with van der Waals surface area (Å²) >= 11 is 0. The molecule has 0 spiro atoms. The molecule has 0 radical (unpaired) electrons. The fourth-order valence-electron chi connectivity index (χ4n) is 1.19. The standard InChI is InChI=1S/C13H10O/c14-13(11-7-3-1-4-8-11)12-9-5-2-6-10-12/h1-10H/i1D,3D,7D. The summed E-state index contributed by atoms with van der Waals surface area (Å²) in [6.07, 6.45) is 0. The fourth-order valence-corrected chi connectivity index (χ4v) is 1.19. The third-order valence-electron chi connectivity index (χ3n) is 1.88. The number of carbonyl (C=O) groups is 1. The van der Waals surface area contributed by atoms with Crippen molar-refractivity contribution in [1.82, 2.24) is 0 Å². The molecule has 0 amide bonds. The molecule has 0 saturated heterocycles. The summed E-state index contributed by atoms with van der Waals surface area (Å²) in [6.45, 7) is 0. The molecule has 1 heteroatoms. The molecule has 0 unspecified atom stereocenters. The number of benzene rings is 2. The van der Waals surface area contributed by atoms with E-state index < -0.39 is 0 Å². The normalized spacial score (nSPS) is 12.7. The van der Waals surface area contributed by atoms with Crippen molar-refractivity contribution in [3.8, 4) is 0 Å². The molecule has 0 N–H and O–H groups in total. The minimum atomic E-state index is -0.288. The van der Waals surface area contributed by atoms with E-state index in [4.69, 9.17) is 4.11 Å². The number of hydrogen-bond acceptors (Lipinski definition) is 1. The topological polar surface area (TPSA) is 17.1 Å². The second kappa shape index (κ2) is 3.88. The monoisotopic (exact) mass is 185 g/mol.